The third-order valence-corrected chi connectivity index (χ3v) is 18.9. The van der Waals surface area contributed by atoms with Crippen molar-refractivity contribution in [2.75, 3.05) is 19.0 Å². The second kappa shape index (κ2) is 14.1. The van der Waals surface area contributed by atoms with Gasteiger partial charge in [-0.15, -0.1) is 0 Å². The van der Waals surface area contributed by atoms with Crippen LogP contribution < -0.4 is 5.32 Å². The number of nitrogens with zero attached hydrogens (tertiary/aromatic N) is 1. The number of nitrogens with one attached hydrogen (secondary N) is 1. The lowest BCUT2D eigenvalue weighted by atomic mass is 9.49. The highest BCUT2D eigenvalue weighted by molar-refractivity contribution is 7.91. The van der Waals surface area contributed by atoms with Gasteiger partial charge in [-0.1, -0.05) is 65.7 Å². The number of carbonyl (C=O) groups excluding carboxylic acids is 1. The first-order valence-corrected chi connectivity index (χ1v) is 23.0. The molecule has 272 valence electrons. The Labute approximate surface area is 293 Å². The molecule has 3 saturated carbocycles. The molecule has 3 aliphatic rings. The average Bonchev–Trinajstić information content (AvgIpc) is 3.30. The molecule has 1 aromatic carbocycles. The lowest BCUT2D eigenvalue weighted by Crippen LogP contribution is -2.54. The van der Waals surface area contributed by atoms with E-state index in [2.05, 4.69) is 60.0 Å². The molecule has 1 aromatic rings. The van der Waals surface area contributed by atoms with Gasteiger partial charge >= 0.3 is 6.09 Å². The highest BCUT2D eigenvalue weighted by Gasteiger charge is 2.58. The lowest BCUT2D eigenvalue weighted by Gasteiger charge is -2.57. The Morgan fingerprint density at radius 2 is 1.65 bits per heavy atom. The Morgan fingerprint density at radius 1 is 1.00 bits per heavy atom. The van der Waals surface area contributed by atoms with Crippen LogP contribution in [-0.2, 0) is 19.0 Å². The van der Waals surface area contributed by atoms with Crippen molar-refractivity contribution in [3.63, 3.8) is 0 Å². The fourth-order valence-electron chi connectivity index (χ4n) is 8.84. The SMILES string of the molecule is Cc1ccc(S(=O)(=O)CN=C2CC[C@H]3[C@H](CNC(=O)OC(C)(C)C)[C@@H]([C@@]4(C)CC[C@H](C)C[C@@H]4CO[Si](C)(C)C(C)(C)C)CC[C@]23C)cc1. The number of fused-ring (bicyclic) bond motifs is 1. The highest BCUT2D eigenvalue weighted by Crippen LogP contribution is 2.62. The summed E-state index contributed by atoms with van der Waals surface area (Å²) < 4.78 is 39.3. The number of alkyl carbamates (subject to hydrolysis) is 1. The van der Waals surface area contributed by atoms with Gasteiger partial charge < -0.3 is 14.5 Å². The molecule has 9 heteroatoms. The van der Waals surface area contributed by atoms with Crippen LogP contribution in [0, 0.1) is 47.3 Å². The van der Waals surface area contributed by atoms with Gasteiger partial charge in [-0.3, -0.25) is 4.99 Å². The van der Waals surface area contributed by atoms with Crippen molar-refractivity contribution in [2.24, 2.45) is 45.4 Å². The summed E-state index contributed by atoms with van der Waals surface area (Å²) in [5.41, 5.74) is 1.36. The fourth-order valence-corrected chi connectivity index (χ4v) is 10.9. The minimum atomic E-state index is -3.53. The molecule has 0 radical (unpaired) electrons. The number of carbonyl (C=O) groups is 1. The van der Waals surface area contributed by atoms with Gasteiger partial charge in [-0.2, -0.15) is 0 Å². The normalized spacial score (nSPS) is 32.6. The molecule has 0 aromatic heterocycles. The zero-order valence-electron chi connectivity index (χ0n) is 32.2. The van der Waals surface area contributed by atoms with E-state index in [0.717, 1.165) is 50.0 Å². The number of rotatable bonds is 9. The minimum Gasteiger partial charge on any atom is -0.444 e. The van der Waals surface area contributed by atoms with Gasteiger partial charge in [0.2, 0.25) is 0 Å². The largest absolute Gasteiger partial charge is 0.444 e. The van der Waals surface area contributed by atoms with E-state index in [1.807, 2.05) is 39.8 Å². The van der Waals surface area contributed by atoms with Gasteiger partial charge in [0, 0.05) is 24.3 Å². The molecule has 7 atom stereocenters. The molecular weight excluding hydrogens is 637 g/mol. The third kappa shape index (κ3) is 8.59. The summed E-state index contributed by atoms with van der Waals surface area (Å²) in [6.45, 7) is 27.9. The van der Waals surface area contributed by atoms with E-state index in [-0.39, 0.29) is 33.8 Å². The van der Waals surface area contributed by atoms with Crippen molar-refractivity contribution in [1.29, 1.82) is 0 Å². The number of sulfone groups is 1. The van der Waals surface area contributed by atoms with E-state index in [1.54, 1.807) is 12.1 Å². The monoisotopic (exact) mass is 702 g/mol. The van der Waals surface area contributed by atoms with Crippen molar-refractivity contribution < 1.29 is 22.4 Å². The maximum atomic E-state index is 13.3. The molecule has 0 unspecified atom stereocenters. The van der Waals surface area contributed by atoms with E-state index < -0.39 is 23.8 Å². The molecule has 0 saturated heterocycles. The van der Waals surface area contributed by atoms with Crippen LogP contribution in [-0.4, -0.2) is 53.2 Å². The summed E-state index contributed by atoms with van der Waals surface area (Å²) in [5, 5.41) is 3.36. The minimum absolute atomic E-state index is 0.0746. The zero-order chi connectivity index (χ0) is 35.9. The molecule has 3 fully saturated rings. The topological polar surface area (TPSA) is 94.1 Å². The van der Waals surface area contributed by atoms with Crippen LogP contribution in [0.3, 0.4) is 0 Å². The Bertz CT molecular complexity index is 1430. The molecule has 1 N–H and O–H groups in total. The van der Waals surface area contributed by atoms with Crippen LogP contribution in [0.25, 0.3) is 0 Å². The van der Waals surface area contributed by atoms with Crippen LogP contribution in [0.2, 0.25) is 18.1 Å². The van der Waals surface area contributed by atoms with Gasteiger partial charge in [0.1, 0.15) is 11.5 Å². The number of hydrogen-bond donors (Lipinski definition) is 1. The molecule has 48 heavy (non-hydrogen) atoms. The number of aryl methyl sites for hydroxylation is 1. The fraction of sp³-hybridized carbons (Fsp3) is 0.795. The van der Waals surface area contributed by atoms with E-state index in [4.69, 9.17) is 14.2 Å². The van der Waals surface area contributed by atoms with Gasteiger partial charge in [0.05, 0.1) is 4.90 Å². The summed E-state index contributed by atoms with van der Waals surface area (Å²) in [7, 11) is -5.46. The first kappa shape index (κ1) is 39.1. The van der Waals surface area contributed by atoms with Gasteiger partial charge in [0.25, 0.3) is 0 Å². The molecule has 1 amide bonds. The average molecular weight is 703 g/mol. The number of ether oxygens (including phenoxy) is 1. The highest BCUT2D eigenvalue weighted by atomic mass is 32.2. The smallest absolute Gasteiger partial charge is 0.407 e. The van der Waals surface area contributed by atoms with Crippen molar-refractivity contribution >= 4 is 30.0 Å². The molecular formula is C39H66N2O5SSi. The van der Waals surface area contributed by atoms with Crippen LogP contribution in [0.15, 0.2) is 34.2 Å². The van der Waals surface area contributed by atoms with Crippen molar-refractivity contribution in [1.82, 2.24) is 5.32 Å². The number of amides is 1. The summed E-state index contributed by atoms with van der Waals surface area (Å²) in [6.07, 6.45) is 6.92. The second-order valence-electron chi connectivity index (χ2n) is 18.6. The standard InChI is InChI=1S/C39H66N2O5SSi/c1-27-13-15-30(16-14-27)47(43,44)26-41-34-18-17-32-31(24-40-35(42)46-36(3,4)5)33(20-22-39(32,34)10)38(9)21-19-28(2)23-29(38)25-45-48(11,12)37(6,7)8/h13-16,28-29,31-33H,17-26H2,1-12H3,(H,40,42)/t28-,29+,31-,32-,33-,38-,39-/m0/s1. The molecule has 4 rings (SSSR count). The molecule has 0 heterocycles. The maximum Gasteiger partial charge on any atom is 0.407 e. The van der Waals surface area contributed by atoms with Crippen LogP contribution in [0.5, 0.6) is 0 Å². The molecule has 7 nitrogen and oxygen atoms in total. The van der Waals surface area contributed by atoms with Crippen molar-refractivity contribution in [3.8, 4) is 0 Å². The van der Waals surface area contributed by atoms with E-state index >= 15 is 0 Å². The molecule has 0 spiro atoms. The molecule has 0 aliphatic heterocycles. The van der Waals surface area contributed by atoms with Crippen molar-refractivity contribution in [2.45, 2.75) is 143 Å². The Hall–Kier alpha value is -1.71. The quantitative estimate of drug-likeness (QED) is 0.259. The number of benzene rings is 1. The van der Waals surface area contributed by atoms with Crippen LogP contribution >= 0.6 is 0 Å². The third-order valence-electron chi connectivity index (χ3n) is 13.0. The molecule has 3 aliphatic carbocycles. The second-order valence-corrected chi connectivity index (χ2v) is 25.3. The summed E-state index contributed by atoms with van der Waals surface area (Å²) in [5.74, 6) is 1.82. The molecule has 0 bridgehead atoms. The number of aliphatic imine (C=N–C) groups is 1. The lowest BCUT2D eigenvalue weighted by molar-refractivity contribution is -0.0742. The zero-order valence-corrected chi connectivity index (χ0v) is 34.0. The Kier molecular flexibility index (Phi) is 11.5. The van der Waals surface area contributed by atoms with E-state index in [0.29, 0.717) is 35.1 Å². The van der Waals surface area contributed by atoms with Crippen LogP contribution in [0.4, 0.5) is 4.79 Å². The summed E-state index contributed by atoms with van der Waals surface area (Å²) in [4.78, 5) is 18.3. The Morgan fingerprint density at radius 3 is 2.25 bits per heavy atom. The maximum absolute atomic E-state index is 13.3. The first-order valence-electron chi connectivity index (χ1n) is 18.4. The Balaban J connectivity index is 1.64. The van der Waals surface area contributed by atoms with Gasteiger partial charge in [0.15, 0.2) is 18.2 Å². The summed E-state index contributed by atoms with van der Waals surface area (Å²) in [6, 6.07) is 7.05. The van der Waals surface area contributed by atoms with Crippen LogP contribution in [0.1, 0.15) is 113 Å². The predicted octanol–water partition coefficient (Wildman–Crippen LogP) is 9.60. The van der Waals surface area contributed by atoms with Gasteiger partial charge in [-0.25, -0.2) is 13.2 Å². The first-order chi connectivity index (χ1) is 22.0. The van der Waals surface area contributed by atoms with E-state index in [1.165, 1.54) is 12.8 Å². The van der Waals surface area contributed by atoms with Gasteiger partial charge in [-0.05, 0) is 131 Å². The summed E-state index contributed by atoms with van der Waals surface area (Å²) >= 11 is 0. The predicted molar refractivity (Wildman–Crippen MR) is 200 cm³/mol. The van der Waals surface area contributed by atoms with Crippen molar-refractivity contribution in [3.05, 3.63) is 29.8 Å². The van der Waals surface area contributed by atoms with E-state index in [9.17, 15) is 13.2 Å². The number of hydrogen-bond acceptors (Lipinski definition) is 6.